The summed E-state index contributed by atoms with van der Waals surface area (Å²) in [7, 11) is 0. The van der Waals surface area contributed by atoms with Crippen LogP contribution in [0.15, 0.2) is 59.1 Å². The molecular formula is C22H15BrClN3O2S2. The number of hydrogen-bond acceptors (Lipinski definition) is 5. The molecule has 31 heavy (non-hydrogen) atoms. The molecule has 0 saturated heterocycles. The number of nitrogens with zero attached hydrogens (tertiary/aromatic N) is 1. The number of aromatic hydroxyl groups is 1. The predicted octanol–water partition coefficient (Wildman–Crippen LogP) is 6.52. The van der Waals surface area contributed by atoms with E-state index in [9.17, 15) is 9.90 Å². The van der Waals surface area contributed by atoms with Crippen LogP contribution in [0.4, 0.5) is 5.69 Å². The summed E-state index contributed by atoms with van der Waals surface area (Å²) in [5.74, 6) is -0.272. The van der Waals surface area contributed by atoms with Crippen molar-refractivity contribution in [3.63, 3.8) is 0 Å². The zero-order valence-electron chi connectivity index (χ0n) is 16.1. The Balaban J connectivity index is 1.58. The lowest BCUT2D eigenvalue weighted by Crippen LogP contribution is -2.34. The number of thiocarbonyl (C=S) groups is 1. The van der Waals surface area contributed by atoms with E-state index in [1.165, 1.54) is 11.3 Å². The van der Waals surface area contributed by atoms with Crippen LogP contribution in [-0.2, 0) is 0 Å². The molecule has 0 aliphatic heterocycles. The Morgan fingerprint density at radius 2 is 1.97 bits per heavy atom. The molecule has 0 aliphatic rings. The Morgan fingerprint density at radius 1 is 1.19 bits per heavy atom. The van der Waals surface area contributed by atoms with Gasteiger partial charge in [0.1, 0.15) is 10.8 Å². The Bertz CT molecular complexity index is 1310. The van der Waals surface area contributed by atoms with Gasteiger partial charge in [0.25, 0.3) is 5.91 Å². The highest BCUT2D eigenvalue weighted by Gasteiger charge is 2.16. The highest BCUT2D eigenvalue weighted by atomic mass is 79.9. The maximum atomic E-state index is 12.5. The topological polar surface area (TPSA) is 74.2 Å². The second-order valence-corrected chi connectivity index (χ2v) is 9.47. The van der Waals surface area contributed by atoms with Crippen LogP contribution in [0, 0.1) is 6.92 Å². The molecule has 3 aromatic carbocycles. The van der Waals surface area contributed by atoms with Gasteiger partial charge >= 0.3 is 0 Å². The van der Waals surface area contributed by atoms with Crippen molar-refractivity contribution >= 4 is 78.0 Å². The van der Waals surface area contributed by atoms with Gasteiger partial charge in [-0.1, -0.05) is 39.7 Å². The first-order valence-corrected chi connectivity index (χ1v) is 11.5. The highest BCUT2D eigenvalue weighted by molar-refractivity contribution is 9.10. The van der Waals surface area contributed by atoms with E-state index in [1.54, 1.807) is 37.3 Å². The lowest BCUT2D eigenvalue weighted by molar-refractivity contribution is 0.0978. The number of carbonyl (C=O) groups excluding carboxylic acids is 1. The van der Waals surface area contributed by atoms with E-state index >= 15 is 0 Å². The minimum atomic E-state index is -0.425. The van der Waals surface area contributed by atoms with E-state index < -0.39 is 5.91 Å². The number of amides is 1. The van der Waals surface area contributed by atoms with E-state index in [0.29, 0.717) is 32.4 Å². The summed E-state index contributed by atoms with van der Waals surface area (Å²) in [6.07, 6.45) is 0. The van der Waals surface area contributed by atoms with Gasteiger partial charge in [-0.3, -0.25) is 10.1 Å². The molecule has 0 saturated carbocycles. The number of carbonyl (C=O) groups is 1. The van der Waals surface area contributed by atoms with E-state index in [4.69, 9.17) is 23.8 Å². The summed E-state index contributed by atoms with van der Waals surface area (Å²) in [5.41, 5.74) is 3.04. The maximum absolute atomic E-state index is 12.5. The maximum Gasteiger partial charge on any atom is 0.258 e. The second-order valence-electron chi connectivity index (χ2n) is 6.71. The van der Waals surface area contributed by atoms with Gasteiger partial charge in [-0.25, -0.2) is 4.98 Å². The molecule has 1 heterocycles. The molecule has 0 aliphatic carbocycles. The van der Waals surface area contributed by atoms with Crippen molar-refractivity contribution in [3.05, 3.63) is 75.2 Å². The van der Waals surface area contributed by atoms with Crippen LogP contribution < -0.4 is 10.6 Å². The van der Waals surface area contributed by atoms with E-state index in [-0.39, 0.29) is 10.9 Å². The first-order valence-electron chi connectivity index (χ1n) is 9.09. The predicted molar refractivity (Wildman–Crippen MR) is 134 cm³/mol. The number of hydrogen-bond donors (Lipinski definition) is 3. The molecule has 156 valence electrons. The number of phenolic OH excluding ortho intramolecular Hbond substituents is 1. The fourth-order valence-corrected chi connectivity index (χ4v) is 4.76. The summed E-state index contributed by atoms with van der Waals surface area (Å²) < 4.78 is 1.76. The lowest BCUT2D eigenvalue weighted by atomic mass is 10.1. The van der Waals surface area contributed by atoms with Gasteiger partial charge in [0.05, 0.1) is 26.4 Å². The number of halogens is 2. The molecule has 1 amide bonds. The quantitative estimate of drug-likeness (QED) is 0.207. The molecule has 4 aromatic rings. The van der Waals surface area contributed by atoms with Crippen LogP contribution in [0.2, 0.25) is 5.02 Å². The summed E-state index contributed by atoms with van der Waals surface area (Å²) in [5, 5.41) is 17.4. The van der Waals surface area contributed by atoms with Crippen molar-refractivity contribution in [1.29, 1.82) is 0 Å². The first-order chi connectivity index (χ1) is 14.8. The molecule has 0 atom stereocenters. The van der Waals surface area contributed by atoms with E-state index in [0.717, 1.165) is 14.7 Å². The standard InChI is InChI=1S/C22H15BrClN3O2S2/c1-11-8-13(25-22(30)27-20(29)14-9-12(23)6-7-16(14)24)10-15(19(11)28)21-26-17-4-2-3-5-18(17)31-21/h2-10,28H,1H3,(H2,25,27,29,30). The van der Waals surface area contributed by atoms with Gasteiger partial charge in [0.15, 0.2) is 5.11 Å². The van der Waals surface area contributed by atoms with Gasteiger partial charge in [-0.2, -0.15) is 0 Å². The van der Waals surface area contributed by atoms with E-state index in [2.05, 4.69) is 31.5 Å². The van der Waals surface area contributed by atoms with Crippen molar-refractivity contribution in [3.8, 4) is 16.3 Å². The highest BCUT2D eigenvalue weighted by Crippen LogP contribution is 2.38. The minimum Gasteiger partial charge on any atom is -0.507 e. The van der Waals surface area contributed by atoms with Crippen molar-refractivity contribution in [2.45, 2.75) is 6.92 Å². The average molecular weight is 533 g/mol. The van der Waals surface area contributed by atoms with Crippen molar-refractivity contribution in [1.82, 2.24) is 10.3 Å². The largest absolute Gasteiger partial charge is 0.507 e. The summed E-state index contributed by atoms with van der Waals surface area (Å²) >= 11 is 16.2. The van der Waals surface area contributed by atoms with Crippen molar-refractivity contribution < 1.29 is 9.90 Å². The molecule has 9 heteroatoms. The Kier molecular flexibility index (Phi) is 6.24. The molecule has 0 fully saturated rings. The molecule has 1 aromatic heterocycles. The fourth-order valence-electron chi connectivity index (χ4n) is 3.01. The zero-order chi connectivity index (χ0) is 22.1. The number of anilines is 1. The number of rotatable bonds is 3. The van der Waals surface area contributed by atoms with E-state index in [1.807, 2.05) is 24.3 Å². The summed E-state index contributed by atoms with van der Waals surface area (Å²) in [6, 6.07) is 16.3. The van der Waals surface area contributed by atoms with Crippen LogP contribution in [0.25, 0.3) is 20.8 Å². The fraction of sp³-hybridized carbons (Fsp3) is 0.0455. The van der Waals surface area contributed by atoms with Gasteiger partial charge in [-0.15, -0.1) is 11.3 Å². The minimum absolute atomic E-state index is 0.112. The molecule has 3 N–H and O–H groups in total. The number of fused-ring (bicyclic) bond motifs is 1. The third-order valence-electron chi connectivity index (χ3n) is 4.48. The van der Waals surface area contributed by atoms with Gasteiger partial charge < -0.3 is 10.4 Å². The third-order valence-corrected chi connectivity index (χ3v) is 6.58. The number of nitrogens with one attached hydrogen (secondary N) is 2. The molecule has 4 rings (SSSR count). The Hall–Kier alpha value is -2.52. The number of para-hydroxylation sites is 1. The van der Waals surface area contributed by atoms with Crippen molar-refractivity contribution in [2.75, 3.05) is 5.32 Å². The number of aryl methyl sites for hydroxylation is 1. The van der Waals surface area contributed by atoms with Gasteiger partial charge in [0, 0.05) is 10.2 Å². The zero-order valence-corrected chi connectivity index (χ0v) is 20.0. The Morgan fingerprint density at radius 3 is 2.74 bits per heavy atom. The molecule has 0 bridgehead atoms. The summed E-state index contributed by atoms with van der Waals surface area (Å²) in [4.78, 5) is 17.2. The molecule has 5 nitrogen and oxygen atoms in total. The second kappa shape index (κ2) is 8.92. The van der Waals surface area contributed by atoms with Crippen LogP contribution in [0.3, 0.4) is 0 Å². The lowest BCUT2D eigenvalue weighted by Gasteiger charge is -2.13. The third kappa shape index (κ3) is 4.72. The molecule has 0 radical (unpaired) electrons. The molecule has 0 spiro atoms. The normalized spacial score (nSPS) is 10.8. The first kappa shape index (κ1) is 21.7. The number of phenols is 1. The van der Waals surface area contributed by atoms with Crippen molar-refractivity contribution in [2.24, 2.45) is 0 Å². The average Bonchev–Trinajstić information content (AvgIpc) is 3.16. The van der Waals surface area contributed by atoms with Crippen LogP contribution >= 0.6 is 51.1 Å². The monoisotopic (exact) mass is 531 g/mol. The van der Waals surface area contributed by atoms with Crippen LogP contribution in [-0.4, -0.2) is 21.1 Å². The Labute approximate surface area is 201 Å². The summed E-state index contributed by atoms with van der Waals surface area (Å²) in [6.45, 7) is 1.79. The number of thiazole rings is 1. The SMILES string of the molecule is Cc1cc(NC(=S)NC(=O)c2cc(Br)ccc2Cl)cc(-c2nc3ccccc3s2)c1O. The van der Waals surface area contributed by atoms with Gasteiger partial charge in [0.2, 0.25) is 0 Å². The van der Waals surface area contributed by atoms with Crippen LogP contribution in [0.5, 0.6) is 5.75 Å². The van der Waals surface area contributed by atoms with Crippen LogP contribution in [0.1, 0.15) is 15.9 Å². The number of aromatic nitrogens is 1. The molecule has 0 unspecified atom stereocenters. The number of benzene rings is 3. The smallest absolute Gasteiger partial charge is 0.258 e. The van der Waals surface area contributed by atoms with Gasteiger partial charge in [-0.05, 0) is 67.2 Å². The molecular weight excluding hydrogens is 518 g/mol.